The van der Waals surface area contributed by atoms with E-state index in [4.69, 9.17) is 0 Å². The Balaban J connectivity index is 1.76. The van der Waals surface area contributed by atoms with Crippen molar-refractivity contribution in [2.24, 2.45) is 23.7 Å². The zero-order valence-corrected chi connectivity index (χ0v) is 12.6. The van der Waals surface area contributed by atoms with Gasteiger partial charge < -0.3 is 10.4 Å². The highest BCUT2D eigenvalue weighted by atomic mass is 16.4. The molecular formula is C18H21NO3. The van der Waals surface area contributed by atoms with Crippen LogP contribution in [0, 0.1) is 23.7 Å². The molecule has 1 amide bonds. The molecule has 2 aliphatic rings. The van der Waals surface area contributed by atoms with Crippen molar-refractivity contribution in [3.8, 4) is 0 Å². The average molecular weight is 299 g/mol. The summed E-state index contributed by atoms with van der Waals surface area (Å²) >= 11 is 0. The monoisotopic (exact) mass is 299 g/mol. The zero-order chi connectivity index (χ0) is 15.7. The fourth-order valence-electron chi connectivity index (χ4n) is 3.89. The summed E-state index contributed by atoms with van der Waals surface area (Å²) in [6.45, 7) is 2.02. The Kier molecular flexibility index (Phi) is 4.01. The van der Waals surface area contributed by atoms with E-state index in [1.807, 2.05) is 49.4 Å². The van der Waals surface area contributed by atoms with Crippen LogP contribution in [0.5, 0.6) is 0 Å². The minimum absolute atomic E-state index is 0.00931. The molecule has 4 nitrogen and oxygen atoms in total. The number of benzene rings is 1. The van der Waals surface area contributed by atoms with Gasteiger partial charge in [0.05, 0.1) is 17.9 Å². The van der Waals surface area contributed by atoms with Crippen LogP contribution in [-0.4, -0.2) is 17.0 Å². The maximum Gasteiger partial charge on any atom is 0.307 e. The number of rotatable bonds is 5. The van der Waals surface area contributed by atoms with Crippen molar-refractivity contribution in [2.75, 3.05) is 0 Å². The van der Waals surface area contributed by atoms with E-state index in [9.17, 15) is 14.7 Å². The lowest BCUT2D eigenvalue weighted by Gasteiger charge is -2.26. The van der Waals surface area contributed by atoms with Gasteiger partial charge in [-0.1, -0.05) is 49.4 Å². The van der Waals surface area contributed by atoms with E-state index in [0.717, 1.165) is 18.4 Å². The summed E-state index contributed by atoms with van der Waals surface area (Å²) in [4.78, 5) is 24.2. The van der Waals surface area contributed by atoms with Gasteiger partial charge in [-0.05, 0) is 30.2 Å². The largest absolute Gasteiger partial charge is 0.481 e. The smallest absolute Gasteiger partial charge is 0.307 e. The minimum Gasteiger partial charge on any atom is -0.481 e. The van der Waals surface area contributed by atoms with E-state index < -0.39 is 17.8 Å². The number of fused-ring (bicyclic) bond motifs is 2. The molecule has 0 saturated heterocycles. The van der Waals surface area contributed by atoms with Crippen molar-refractivity contribution < 1.29 is 14.7 Å². The van der Waals surface area contributed by atoms with Crippen molar-refractivity contribution in [1.29, 1.82) is 0 Å². The molecule has 0 heterocycles. The van der Waals surface area contributed by atoms with Crippen LogP contribution >= 0.6 is 0 Å². The quantitative estimate of drug-likeness (QED) is 0.822. The van der Waals surface area contributed by atoms with E-state index in [1.165, 1.54) is 0 Å². The summed E-state index contributed by atoms with van der Waals surface area (Å²) in [5.74, 6) is -1.92. The van der Waals surface area contributed by atoms with Gasteiger partial charge in [-0.25, -0.2) is 0 Å². The van der Waals surface area contributed by atoms with E-state index in [-0.39, 0.29) is 23.8 Å². The van der Waals surface area contributed by atoms with Crippen LogP contribution < -0.4 is 5.32 Å². The molecule has 0 spiro atoms. The third-order valence-corrected chi connectivity index (χ3v) is 4.97. The first-order valence-electron chi connectivity index (χ1n) is 7.88. The first-order chi connectivity index (χ1) is 10.6. The van der Waals surface area contributed by atoms with Crippen molar-refractivity contribution >= 4 is 11.9 Å². The number of hydrogen-bond acceptors (Lipinski definition) is 2. The van der Waals surface area contributed by atoms with Crippen molar-refractivity contribution in [1.82, 2.24) is 5.32 Å². The highest BCUT2D eigenvalue weighted by molar-refractivity contribution is 5.87. The molecule has 2 aliphatic carbocycles. The van der Waals surface area contributed by atoms with Gasteiger partial charge in [-0.2, -0.15) is 0 Å². The average Bonchev–Trinajstić information content (AvgIpc) is 3.14. The lowest BCUT2D eigenvalue weighted by molar-refractivity contribution is -0.148. The molecule has 1 saturated carbocycles. The van der Waals surface area contributed by atoms with Crippen LogP contribution in [0.1, 0.15) is 31.4 Å². The Morgan fingerprint density at radius 3 is 2.41 bits per heavy atom. The highest BCUT2D eigenvalue weighted by Gasteiger charge is 2.51. The molecular weight excluding hydrogens is 278 g/mol. The molecule has 4 heteroatoms. The number of carbonyl (C=O) groups excluding carboxylic acids is 1. The molecule has 3 rings (SSSR count). The lowest BCUT2D eigenvalue weighted by atomic mass is 9.82. The molecule has 0 aliphatic heterocycles. The third-order valence-electron chi connectivity index (χ3n) is 4.97. The lowest BCUT2D eigenvalue weighted by Crippen LogP contribution is -2.41. The fourth-order valence-corrected chi connectivity index (χ4v) is 3.89. The first-order valence-corrected chi connectivity index (χ1v) is 7.88. The number of aliphatic carboxylic acids is 1. The fraction of sp³-hybridized carbons (Fsp3) is 0.444. The van der Waals surface area contributed by atoms with Gasteiger partial charge >= 0.3 is 5.97 Å². The van der Waals surface area contributed by atoms with E-state index in [1.54, 1.807) is 0 Å². The van der Waals surface area contributed by atoms with Crippen LogP contribution in [0.2, 0.25) is 0 Å². The van der Waals surface area contributed by atoms with Crippen LogP contribution in [0.25, 0.3) is 0 Å². The number of carbonyl (C=O) groups is 2. The molecule has 0 radical (unpaired) electrons. The minimum atomic E-state index is -0.857. The summed E-state index contributed by atoms with van der Waals surface area (Å²) in [7, 11) is 0. The molecule has 116 valence electrons. The van der Waals surface area contributed by atoms with Crippen LogP contribution in [0.4, 0.5) is 0 Å². The van der Waals surface area contributed by atoms with Gasteiger partial charge in [-0.15, -0.1) is 0 Å². The SMILES string of the molecule is CC[C@H](NC(=O)[C@@H]1[C@@H](C(=O)O)[C@H]2C=C[C@H]1C2)c1ccccc1. The van der Waals surface area contributed by atoms with Crippen molar-refractivity contribution in [2.45, 2.75) is 25.8 Å². The molecule has 0 unspecified atom stereocenters. The predicted octanol–water partition coefficient (Wildman–Crippen LogP) is 2.78. The second-order valence-corrected chi connectivity index (χ2v) is 6.22. The highest BCUT2D eigenvalue weighted by Crippen LogP contribution is 2.48. The third kappa shape index (κ3) is 2.54. The molecule has 0 aromatic heterocycles. The van der Waals surface area contributed by atoms with Gasteiger partial charge in [0.25, 0.3) is 0 Å². The standard InChI is InChI=1S/C18H21NO3/c1-2-14(11-6-4-3-5-7-11)19-17(20)15-12-8-9-13(10-12)16(15)18(21)22/h3-9,12-16H,2,10H2,1H3,(H,19,20)(H,21,22)/t12-,13-,14-,15-,16-/m0/s1. The Hall–Kier alpha value is -2.10. The predicted molar refractivity (Wildman–Crippen MR) is 83.0 cm³/mol. The van der Waals surface area contributed by atoms with Crippen molar-refractivity contribution in [3.05, 3.63) is 48.0 Å². The second-order valence-electron chi connectivity index (χ2n) is 6.22. The van der Waals surface area contributed by atoms with Gasteiger partial charge in [0.1, 0.15) is 0 Å². The molecule has 5 atom stereocenters. The maximum atomic E-state index is 12.7. The Labute approximate surface area is 130 Å². The van der Waals surface area contributed by atoms with E-state index in [0.29, 0.717) is 0 Å². The summed E-state index contributed by atoms with van der Waals surface area (Å²) in [5.41, 5.74) is 1.06. The number of hydrogen-bond donors (Lipinski definition) is 2. The van der Waals surface area contributed by atoms with E-state index >= 15 is 0 Å². The van der Waals surface area contributed by atoms with Gasteiger partial charge in [0, 0.05) is 0 Å². The van der Waals surface area contributed by atoms with Gasteiger partial charge in [0.2, 0.25) is 5.91 Å². The summed E-state index contributed by atoms with van der Waals surface area (Å²) in [6.07, 6.45) is 5.54. The zero-order valence-electron chi connectivity index (χ0n) is 12.6. The number of carboxylic acid groups (broad SMARTS) is 1. The van der Waals surface area contributed by atoms with Crippen LogP contribution in [0.15, 0.2) is 42.5 Å². The Bertz CT molecular complexity index is 596. The van der Waals surface area contributed by atoms with Gasteiger partial charge in [-0.3, -0.25) is 9.59 Å². The van der Waals surface area contributed by atoms with Crippen LogP contribution in [-0.2, 0) is 9.59 Å². The summed E-state index contributed by atoms with van der Waals surface area (Å²) in [5, 5.41) is 12.5. The molecule has 2 bridgehead atoms. The summed E-state index contributed by atoms with van der Waals surface area (Å²) in [6, 6.07) is 9.76. The number of amides is 1. The molecule has 1 aromatic carbocycles. The normalized spacial score (nSPS) is 30.2. The molecule has 1 aromatic rings. The Morgan fingerprint density at radius 1 is 1.18 bits per heavy atom. The second kappa shape index (κ2) is 5.95. The van der Waals surface area contributed by atoms with Gasteiger partial charge in [0.15, 0.2) is 0 Å². The van der Waals surface area contributed by atoms with E-state index in [2.05, 4.69) is 5.32 Å². The Morgan fingerprint density at radius 2 is 1.82 bits per heavy atom. The summed E-state index contributed by atoms with van der Waals surface area (Å²) < 4.78 is 0. The molecule has 22 heavy (non-hydrogen) atoms. The topological polar surface area (TPSA) is 66.4 Å². The van der Waals surface area contributed by atoms with Crippen LogP contribution in [0.3, 0.4) is 0 Å². The first kappa shape index (κ1) is 14.8. The number of nitrogens with one attached hydrogen (secondary N) is 1. The number of carboxylic acids is 1. The maximum absolute atomic E-state index is 12.7. The molecule has 2 N–H and O–H groups in total. The number of allylic oxidation sites excluding steroid dienone is 2. The molecule has 1 fully saturated rings. The van der Waals surface area contributed by atoms with Crippen molar-refractivity contribution in [3.63, 3.8) is 0 Å².